The molecule has 1 aromatic rings. The summed E-state index contributed by atoms with van der Waals surface area (Å²) in [6.07, 6.45) is 5.11. The van der Waals surface area contributed by atoms with E-state index in [0.717, 1.165) is 12.8 Å². The third-order valence-corrected chi connectivity index (χ3v) is 2.59. The van der Waals surface area contributed by atoms with Crippen LogP contribution < -0.4 is 5.32 Å². The minimum Gasteiger partial charge on any atom is -0.351 e. The number of nitrogens with zero attached hydrogens (tertiary/aromatic N) is 2. The zero-order valence-corrected chi connectivity index (χ0v) is 8.39. The van der Waals surface area contributed by atoms with Crippen molar-refractivity contribution in [2.24, 2.45) is 0 Å². The van der Waals surface area contributed by atoms with Gasteiger partial charge in [0, 0.05) is 11.4 Å². The van der Waals surface area contributed by atoms with Gasteiger partial charge in [-0.25, -0.2) is 9.97 Å². The van der Waals surface area contributed by atoms with Gasteiger partial charge in [0.2, 0.25) is 5.95 Å². The van der Waals surface area contributed by atoms with Crippen LogP contribution in [0.15, 0.2) is 12.4 Å². The van der Waals surface area contributed by atoms with E-state index in [2.05, 4.69) is 15.3 Å². The lowest BCUT2D eigenvalue weighted by Crippen LogP contribution is -2.36. The highest BCUT2D eigenvalue weighted by atomic mass is 35.5. The molecule has 5 heteroatoms. The van der Waals surface area contributed by atoms with E-state index in [-0.39, 0.29) is 0 Å². The zero-order chi connectivity index (χ0) is 9.26. The molecule has 0 spiro atoms. The minimum atomic E-state index is 0.310. The molecule has 0 aliphatic heterocycles. The molecule has 0 aromatic carbocycles. The van der Waals surface area contributed by atoms with E-state index in [0.29, 0.717) is 22.4 Å². The molecule has 1 aliphatic carbocycles. The minimum absolute atomic E-state index is 0.310. The molecule has 1 saturated carbocycles. The second-order valence-electron chi connectivity index (χ2n) is 3.13. The highest BCUT2D eigenvalue weighted by Crippen LogP contribution is 2.27. The molecule has 0 radical (unpaired) electrons. The van der Waals surface area contributed by atoms with Crippen molar-refractivity contribution in [1.29, 1.82) is 0 Å². The van der Waals surface area contributed by atoms with Crippen LogP contribution in [-0.2, 0) is 0 Å². The van der Waals surface area contributed by atoms with Crippen LogP contribution in [0.25, 0.3) is 0 Å². The van der Waals surface area contributed by atoms with E-state index in [1.807, 2.05) is 0 Å². The number of rotatable bonds is 2. The summed E-state index contributed by atoms with van der Waals surface area (Å²) < 4.78 is 0. The van der Waals surface area contributed by atoms with Crippen molar-refractivity contribution in [1.82, 2.24) is 9.97 Å². The summed E-state index contributed by atoms with van der Waals surface area (Å²) in [5.74, 6) is 0.623. The molecule has 1 heterocycles. The maximum atomic E-state index is 5.83. The van der Waals surface area contributed by atoms with Gasteiger partial charge in [0.25, 0.3) is 0 Å². The maximum Gasteiger partial charge on any atom is 0.222 e. The molecular weight excluding hydrogens is 209 g/mol. The summed E-state index contributed by atoms with van der Waals surface area (Å²) in [4.78, 5) is 8.06. The first kappa shape index (κ1) is 9.03. The Balaban J connectivity index is 1.91. The molecule has 0 unspecified atom stereocenters. The van der Waals surface area contributed by atoms with Gasteiger partial charge in [-0.2, -0.15) is 0 Å². The first-order chi connectivity index (χ1) is 6.24. The van der Waals surface area contributed by atoms with Crippen LogP contribution in [0.2, 0.25) is 5.02 Å². The molecular formula is C8H9Cl2N3. The predicted molar refractivity (Wildman–Crippen MR) is 53.3 cm³/mol. The fraction of sp³-hybridized carbons (Fsp3) is 0.500. The van der Waals surface area contributed by atoms with Crippen molar-refractivity contribution >= 4 is 29.2 Å². The number of hydrogen-bond donors (Lipinski definition) is 1. The number of alkyl halides is 1. The van der Waals surface area contributed by atoms with E-state index in [1.165, 1.54) is 0 Å². The van der Waals surface area contributed by atoms with Crippen molar-refractivity contribution in [3.05, 3.63) is 17.4 Å². The summed E-state index contributed by atoms with van der Waals surface area (Å²) in [6, 6.07) is 0.420. The van der Waals surface area contributed by atoms with Crippen molar-refractivity contribution in [2.75, 3.05) is 5.32 Å². The average molecular weight is 218 g/mol. The number of aromatic nitrogens is 2. The molecule has 1 fully saturated rings. The van der Waals surface area contributed by atoms with Gasteiger partial charge in [-0.1, -0.05) is 11.6 Å². The Morgan fingerprint density at radius 1 is 1.31 bits per heavy atom. The lowest BCUT2D eigenvalue weighted by Gasteiger charge is -2.31. The maximum absolute atomic E-state index is 5.83. The van der Waals surface area contributed by atoms with Crippen LogP contribution >= 0.6 is 23.2 Å². The monoisotopic (exact) mass is 217 g/mol. The van der Waals surface area contributed by atoms with E-state index >= 15 is 0 Å². The summed E-state index contributed by atoms with van der Waals surface area (Å²) in [6.45, 7) is 0. The van der Waals surface area contributed by atoms with Crippen molar-refractivity contribution in [3.63, 3.8) is 0 Å². The topological polar surface area (TPSA) is 37.8 Å². The van der Waals surface area contributed by atoms with Crippen LogP contribution in [0.5, 0.6) is 0 Å². The lowest BCUT2D eigenvalue weighted by atomic mass is 9.93. The molecule has 0 atom stereocenters. The second-order valence-corrected chi connectivity index (χ2v) is 4.19. The smallest absolute Gasteiger partial charge is 0.222 e. The first-order valence-corrected chi connectivity index (χ1v) is 4.93. The van der Waals surface area contributed by atoms with Gasteiger partial charge >= 0.3 is 0 Å². The van der Waals surface area contributed by atoms with Gasteiger partial charge in [-0.3, -0.25) is 0 Å². The van der Waals surface area contributed by atoms with Gasteiger partial charge in [0.1, 0.15) is 0 Å². The quantitative estimate of drug-likeness (QED) is 0.774. The Morgan fingerprint density at radius 2 is 1.92 bits per heavy atom. The second kappa shape index (κ2) is 3.68. The van der Waals surface area contributed by atoms with Crippen LogP contribution in [-0.4, -0.2) is 21.4 Å². The van der Waals surface area contributed by atoms with Crippen molar-refractivity contribution in [2.45, 2.75) is 24.3 Å². The molecule has 1 N–H and O–H groups in total. The largest absolute Gasteiger partial charge is 0.351 e. The van der Waals surface area contributed by atoms with Crippen LogP contribution in [0, 0.1) is 0 Å². The Hall–Kier alpha value is -0.540. The number of nitrogens with one attached hydrogen (secondary N) is 1. The molecule has 1 aromatic heterocycles. The van der Waals surface area contributed by atoms with Crippen LogP contribution in [0.3, 0.4) is 0 Å². The van der Waals surface area contributed by atoms with E-state index < -0.39 is 0 Å². The summed E-state index contributed by atoms with van der Waals surface area (Å²) in [5.41, 5.74) is 0. The molecule has 0 saturated heterocycles. The molecule has 13 heavy (non-hydrogen) atoms. The van der Waals surface area contributed by atoms with Gasteiger partial charge in [0.05, 0.1) is 17.4 Å². The highest BCUT2D eigenvalue weighted by molar-refractivity contribution is 6.30. The van der Waals surface area contributed by atoms with Crippen molar-refractivity contribution < 1.29 is 0 Å². The third kappa shape index (κ3) is 2.23. The fourth-order valence-corrected chi connectivity index (χ4v) is 1.76. The van der Waals surface area contributed by atoms with E-state index in [9.17, 15) is 0 Å². The SMILES string of the molecule is Clc1cnc(NC2CC(Cl)C2)nc1. The Kier molecular flexibility index (Phi) is 2.56. The van der Waals surface area contributed by atoms with E-state index in [4.69, 9.17) is 23.2 Å². The molecule has 3 nitrogen and oxygen atoms in total. The average Bonchev–Trinajstić information content (AvgIpc) is 2.06. The van der Waals surface area contributed by atoms with E-state index in [1.54, 1.807) is 12.4 Å². The number of hydrogen-bond acceptors (Lipinski definition) is 3. The van der Waals surface area contributed by atoms with Crippen LogP contribution in [0.1, 0.15) is 12.8 Å². The van der Waals surface area contributed by atoms with Gasteiger partial charge in [-0.05, 0) is 12.8 Å². The molecule has 2 rings (SSSR count). The van der Waals surface area contributed by atoms with Gasteiger partial charge < -0.3 is 5.32 Å². The third-order valence-electron chi connectivity index (χ3n) is 2.03. The standard InChI is InChI=1S/C8H9Cl2N3/c9-5-1-7(2-5)13-8-11-3-6(10)4-12-8/h3-5,7H,1-2H2,(H,11,12,13). The highest BCUT2D eigenvalue weighted by Gasteiger charge is 2.27. The molecule has 0 bridgehead atoms. The predicted octanol–water partition coefficient (Wildman–Crippen LogP) is 2.31. The Labute approximate surface area is 86.5 Å². The summed E-state index contributed by atoms with van der Waals surface area (Å²) in [7, 11) is 0. The molecule has 0 amide bonds. The van der Waals surface area contributed by atoms with Gasteiger partial charge in [-0.15, -0.1) is 11.6 Å². The number of anilines is 1. The molecule has 1 aliphatic rings. The lowest BCUT2D eigenvalue weighted by molar-refractivity contribution is 0.452. The first-order valence-electron chi connectivity index (χ1n) is 4.12. The Morgan fingerprint density at radius 3 is 2.46 bits per heavy atom. The molecule has 70 valence electrons. The Bertz CT molecular complexity index is 282. The van der Waals surface area contributed by atoms with Crippen LogP contribution in [0.4, 0.5) is 5.95 Å². The van der Waals surface area contributed by atoms with Crippen molar-refractivity contribution in [3.8, 4) is 0 Å². The summed E-state index contributed by atoms with van der Waals surface area (Å²) in [5, 5.41) is 4.03. The normalized spacial score (nSPS) is 26.6. The van der Waals surface area contributed by atoms with Gasteiger partial charge in [0.15, 0.2) is 0 Å². The zero-order valence-electron chi connectivity index (χ0n) is 6.87. The number of halogens is 2. The fourth-order valence-electron chi connectivity index (χ4n) is 1.24. The summed E-state index contributed by atoms with van der Waals surface area (Å²) >= 11 is 11.5.